The maximum absolute atomic E-state index is 11.9. The Labute approximate surface area is 141 Å². The fourth-order valence-electron chi connectivity index (χ4n) is 2.18. The van der Waals surface area contributed by atoms with Crippen molar-refractivity contribution in [1.29, 1.82) is 0 Å². The molecule has 2 heterocycles. The third-order valence-electron chi connectivity index (χ3n) is 3.40. The Morgan fingerprint density at radius 3 is 2.88 bits per heavy atom. The number of anilines is 1. The van der Waals surface area contributed by atoms with E-state index in [0.29, 0.717) is 5.13 Å². The Hall–Kier alpha value is -2.87. The SMILES string of the molecule is Cc1cccc2sc(NC(=O)CNC(=O)C3C=CC(=O)N=C3)nc12. The number of nitrogens with zero attached hydrogens (tertiary/aromatic N) is 2. The third-order valence-corrected chi connectivity index (χ3v) is 4.34. The number of carbonyl (C=O) groups is 3. The molecule has 0 fully saturated rings. The van der Waals surface area contributed by atoms with Crippen LogP contribution < -0.4 is 10.6 Å². The molecule has 1 unspecified atom stereocenters. The van der Waals surface area contributed by atoms with Crippen molar-refractivity contribution in [2.75, 3.05) is 11.9 Å². The number of aliphatic imine (C=N–C) groups is 1. The van der Waals surface area contributed by atoms with Crippen LogP contribution in [0, 0.1) is 12.8 Å². The molecule has 0 bridgehead atoms. The molecule has 3 rings (SSSR count). The Kier molecular flexibility index (Phi) is 4.48. The molecular weight excluding hydrogens is 328 g/mol. The number of dihydropyridines is 1. The van der Waals surface area contributed by atoms with Crippen molar-refractivity contribution in [3.63, 3.8) is 0 Å². The van der Waals surface area contributed by atoms with Crippen molar-refractivity contribution in [3.8, 4) is 0 Å². The molecule has 2 aromatic rings. The van der Waals surface area contributed by atoms with Crippen LogP contribution in [-0.4, -0.2) is 35.5 Å². The van der Waals surface area contributed by atoms with E-state index in [1.807, 2.05) is 25.1 Å². The molecule has 1 aromatic carbocycles. The molecule has 24 heavy (non-hydrogen) atoms. The summed E-state index contributed by atoms with van der Waals surface area (Å²) in [6, 6.07) is 5.83. The summed E-state index contributed by atoms with van der Waals surface area (Å²) in [5.74, 6) is -1.80. The molecule has 1 aliphatic rings. The first-order chi connectivity index (χ1) is 11.5. The van der Waals surface area contributed by atoms with E-state index in [-0.39, 0.29) is 12.5 Å². The first kappa shape index (κ1) is 16.0. The van der Waals surface area contributed by atoms with Gasteiger partial charge in [-0.3, -0.25) is 14.4 Å². The highest BCUT2D eigenvalue weighted by Crippen LogP contribution is 2.27. The van der Waals surface area contributed by atoms with Crippen LogP contribution in [0.5, 0.6) is 0 Å². The molecule has 1 aromatic heterocycles. The van der Waals surface area contributed by atoms with Crippen molar-refractivity contribution >= 4 is 50.6 Å². The molecular formula is C16H14N4O3S. The van der Waals surface area contributed by atoms with Gasteiger partial charge in [-0.1, -0.05) is 29.5 Å². The first-order valence-electron chi connectivity index (χ1n) is 7.23. The number of carbonyl (C=O) groups excluding carboxylic acids is 3. The second kappa shape index (κ2) is 6.71. The summed E-state index contributed by atoms with van der Waals surface area (Å²) >= 11 is 1.38. The van der Waals surface area contributed by atoms with Crippen LogP contribution in [0.15, 0.2) is 35.3 Å². The molecule has 0 spiro atoms. The standard InChI is InChI=1S/C16H14N4O3S/c1-9-3-2-4-11-14(9)20-16(24-11)19-13(22)8-18-15(23)10-5-6-12(21)17-7-10/h2-7,10H,8H2,1H3,(H,18,23)(H,19,20,22). The van der Waals surface area contributed by atoms with Gasteiger partial charge in [0, 0.05) is 12.3 Å². The van der Waals surface area contributed by atoms with E-state index in [9.17, 15) is 14.4 Å². The normalized spacial score (nSPS) is 16.4. The number of nitrogens with one attached hydrogen (secondary N) is 2. The lowest BCUT2D eigenvalue weighted by atomic mass is 10.1. The highest BCUT2D eigenvalue weighted by Gasteiger charge is 2.17. The average Bonchev–Trinajstić information content (AvgIpc) is 2.97. The number of hydrogen-bond acceptors (Lipinski definition) is 5. The number of rotatable bonds is 4. The number of thiazole rings is 1. The van der Waals surface area contributed by atoms with E-state index in [0.717, 1.165) is 15.8 Å². The average molecular weight is 342 g/mol. The molecule has 7 nitrogen and oxygen atoms in total. The summed E-state index contributed by atoms with van der Waals surface area (Å²) in [6.45, 7) is 1.78. The lowest BCUT2D eigenvalue weighted by molar-refractivity contribution is -0.124. The number of fused-ring (bicyclic) bond motifs is 1. The minimum Gasteiger partial charge on any atom is -0.346 e. The zero-order chi connectivity index (χ0) is 17.1. The predicted octanol–water partition coefficient (Wildman–Crippen LogP) is 1.44. The van der Waals surface area contributed by atoms with Crippen LogP contribution in [0.3, 0.4) is 0 Å². The van der Waals surface area contributed by atoms with Crippen LogP contribution in [0.25, 0.3) is 10.2 Å². The minimum atomic E-state index is -0.638. The van der Waals surface area contributed by atoms with Crippen LogP contribution in [-0.2, 0) is 14.4 Å². The molecule has 3 amide bonds. The summed E-state index contributed by atoms with van der Waals surface area (Å²) in [6.07, 6.45) is 3.93. The summed E-state index contributed by atoms with van der Waals surface area (Å²) in [5, 5.41) is 5.67. The highest BCUT2D eigenvalue weighted by molar-refractivity contribution is 7.22. The van der Waals surface area contributed by atoms with Crippen LogP contribution in [0.1, 0.15) is 5.56 Å². The number of aromatic nitrogens is 1. The molecule has 8 heteroatoms. The number of para-hydroxylation sites is 1. The van der Waals surface area contributed by atoms with Crippen molar-refractivity contribution in [1.82, 2.24) is 10.3 Å². The Bertz CT molecular complexity index is 869. The predicted molar refractivity (Wildman–Crippen MR) is 92.1 cm³/mol. The number of hydrogen-bond donors (Lipinski definition) is 2. The van der Waals surface area contributed by atoms with E-state index in [1.165, 1.54) is 29.7 Å². The summed E-state index contributed by atoms with van der Waals surface area (Å²) < 4.78 is 0.988. The van der Waals surface area contributed by atoms with Gasteiger partial charge in [-0.15, -0.1) is 0 Å². The van der Waals surface area contributed by atoms with Crippen LogP contribution >= 0.6 is 11.3 Å². The number of aryl methyl sites for hydroxylation is 1. The molecule has 1 atom stereocenters. The lowest BCUT2D eigenvalue weighted by Gasteiger charge is -2.10. The molecule has 2 N–H and O–H groups in total. The Balaban J connectivity index is 1.56. The number of benzene rings is 1. The van der Waals surface area contributed by atoms with E-state index in [2.05, 4.69) is 20.6 Å². The van der Waals surface area contributed by atoms with Crippen molar-refractivity contribution < 1.29 is 14.4 Å². The van der Waals surface area contributed by atoms with Crippen molar-refractivity contribution in [2.45, 2.75) is 6.92 Å². The van der Waals surface area contributed by atoms with Gasteiger partial charge in [0.15, 0.2) is 5.13 Å². The second-order valence-corrected chi connectivity index (χ2v) is 6.24. The quantitative estimate of drug-likeness (QED) is 0.878. The van der Waals surface area contributed by atoms with E-state index < -0.39 is 17.7 Å². The van der Waals surface area contributed by atoms with Crippen molar-refractivity contribution in [2.24, 2.45) is 10.9 Å². The third kappa shape index (κ3) is 3.54. The summed E-state index contributed by atoms with van der Waals surface area (Å²) in [4.78, 5) is 42.7. The van der Waals surface area contributed by atoms with E-state index in [4.69, 9.17) is 0 Å². The zero-order valence-corrected chi connectivity index (χ0v) is 13.6. The fourth-order valence-corrected chi connectivity index (χ4v) is 3.14. The molecule has 0 radical (unpaired) electrons. The smallest absolute Gasteiger partial charge is 0.269 e. The van der Waals surface area contributed by atoms with Gasteiger partial charge in [0.1, 0.15) is 0 Å². The first-order valence-corrected chi connectivity index (χ1v) is 8.04. The monoisotopic (exact) mass is 342 g/mol. The minimum absolute atomic E-state index is 0.181. The van der Waals surface area contributed by atoms with E-state index in [1.54, 1.807) is 0 Å². The second-order valence-electron chi connectivity index (χ2n) is 5.21. The largest absolute Gasteiger partial charge is 0.346 e. The van der Waals surface area contributed by atoms with Gasteiger partial charge in [0.25, 0.3) is 5.91 Å². The van der Waals surface area contributed by atoms with Gasteiger partial charge in [0.2, 0.25) is 11.8 Å². The van der Waals surface area contributed by atoms with Crippen molar-refractivity contribution in [3.05, 3.63) is 35.9 Å². The fraction of sp³-hybridized carbons (Fsp3) is 0.188. The zero-order valence-electron chi connectivity index (χ0n) is 12.8. The molecule has 0 saturated heterocycles. The van der Waals surface area contributed by atoms with Crippen LogP contribution in [0.2, 0.25) is 0 Å². The van der Waals surface area contributed by atoms with Gasteiger partial charge >= 0.3 is 0 Å². The van der Waals surface area contributed by atoms with Gasteiger partial charge in [-0.25, -0.2) is 9.98 Å². The summed E-state index contributed by atoms with van der Waals surface area (Å²) in [7, 11) is 0. The van der Waals surface area contributed by atoms with E-state index >= 15 is 0 Å². The van der Waals surface area contributed by atoms with Gasteiger partial charge in [-0.2, -0.15) is 0 Å². The maximum atomic E-state index is 11.9. The van der Waals surface area contributed by atoms with Gasteiger partial charge in [0.05, 0.1) is 22.7 Å². The molecule has 0 aliphatic carbocycles. The summed E-state index contributed by atoms with van der Waals surface area (Å²) in [5.41, 5.74) is 1.89. The Morgan fingerprint density at radius 2 is 2.17 bits per heavy atom. The number of amides is 3. The topological polar surface area (TPSA) is 101 Å². The highest BCUT2D eigenvalue weighted by atomic mass is 32.1. The Morgan fingerprint density at radius 1 is 1.33 bits per heavy atom. The lowest BCUT2D eigenvalue weighted by Crippen LogP contribution is -2.37. The molecule has 122 valence electrons. The van der Waals surface area contributed by atoms with Gasteiger partial charge in [-0.05, 0) is 18.6 Å². The molecule has 0 saturated carbocycles. The van der Waals surface area contributed by atoms with Gasteiger partial charge < -0.3 is 10.6 Å². The molecule has 1 aliphatic heterocycles. The maximum Gasteiger partial charge on any atom is 0.269 e. The van der Waals surface area contributed by atoms with Crippen LogP contribution in [0.4, 0.5) is 5.13 Å².